The van der Waals surface area contributed by atoms with Crippen molar-refractivity contribution in [1.29, 1.82) is 0 Å². The van der Waals surface area contributed by atoms with Crippen LogP contribution < -0.4 is 0 Å². The van der Waals surface area contributed by atoms with Crippen molar-refractivity contribution in [2.24, 2.45) is 0 Å². The third-order valence-corrected chi connectivity index (χ3v) is 13.6. The van der Waals surface area contributed by atoms with Crippen molar-refractivity contribution in [2.75, 3.05) is 13.2 Å². The summed E-state index contributed by atoms with van der Waals surface area (Å²) in [6.45, 7) is 6.71. The highest BCUT2D eigenvalue weighted by atomic mass is 16.6. The Labute approximate surface area is 406 Å². The van der Waals surface area contributed by atoms with Gasteiger partial charge in [-0.3, -0.25) is 14.4 Å². The van der Waals surface area contributed by atoms with Crippen molar-refractivity contribution in [1.82, 2.24) is 0 Å². The average molecular weight is 920 g/mol. The highest BCUT2D eigenvalue weighted by Crippen LogP contribution is 2.18. The van der Waals surface area contributed by atoms with Gasteiger partial charge in [0.1, 0.15) is 13.2 Å². The molecular weight excluding hydrogens is 805 g/mol. The Morgan fingerprint density at radius 3 is 0.615 bits per heavy atom. The quantitative estimate of drug-likeness (QED) is 0.0344. The van der Waals surface area contributed by atoms with E-state index in [1.807, 2.05) is 0 Å². The molecule has 0 aromatic rings. The van der Waals surface area contributed by atoms with Crippen molar-refractivity contribution >= 4 is 17.9 Å². The number of esters is 3. The first-order valence-corrected chi connectivity index (χ1v) is 29.5. The molecule has 0 aliphatic carbocycles. The lowest BCUT2D eigenvalue weighted by Crippen LogP contribution is -2.30. The van der Waals surface area contributed by atoms with Gasteiger partial charge in [0.25, 0.3) is 0 Å². The maximum atomic E-state index is 12.8. The van der Waals surface area contributed by atoms with Crippen LogP contribution in [0.5, 0.6) is 0 Å². The van der Waals surface area contributed by atoms with E-state index in [1.165, 1.54) is 244 Å². The van der Waals surface area contributed by atoms with E-state index in [4.69, 9.17) is 14.2 Å². The van der Waals surface area contributed by atoms with Gasteiger partial charge in [0.2, 0.25) is 0 Å². The van der Waals surface area contributed by atoms with Crippen LogP contribution >= 0.6 is 0 Å². The van der Waals surface area contributed by atoms with E-state index in [-0.39, 0.29) is 31.1 Å². The summed E-state index contributed by atoms with van der Waals surface area (Å²) in [5, 5.41) is 0. The van der Waals surface area contributed by atoms with Crippen LogP contribution in [0, 0.1) is 0 Å². The van der Waals surface area contributed by atoms with Crippen molar-refractivity contribution in [3.05, 3.63) is 0 Å². The van der Waals surface area contributed by atoms with E-state index in [2.05, 4.69) is 20.8 Å². The fourth-order valence-corrected chi connectivity index (χ4v) is 9.15. The smallest absolute Gasteiger partial charge is 0.306 e. The van der Waals surface area contributed by atoms with Crippen LogP contribution in [0.25, 0.3) is 0 Å². The zero-order chi connectivity index (χ0) is 47.2. The van der Waals surface area contributed by atoms with E-state index in [0.717, 1.165) is 57.8 Å². The summed E-state index contributed by atoms with van der Waals surface area (Å²) in [6, 6.07) is 0. The number of carbonyl (C=O) groups excluding carboxylic acids is 3. The summed E-state index contributed by atoms with van der Waals surface area (Å²) < 4.78 is 16.9. The predicted octanol–water partition coefficient (Wildman–Crippen LogP) is 19.5. The molecule has 0 radical (unpaired) electrons. The van der Waals surface area contributed by atoms with Gasteiger partial charge in [-0.2, -0.15) is 0 Å². The molecule has 0 aromatic carbocycles. The number of unbranched alkanes of at least 4 members (excludes halogenated alkanes) is 44. The molecule has 0 saturated heterocycles. The molecule has 386 valence electrons. The zero-order valence-electron chi connectivity index (χ0n) is 44.3. The number of hydrogen-bond donors (Lipinski definition) is 0. The first kappa shape index (κ1) is 63.4. The molecule has 0 spiro atoms. The Bertz CT molecular complexity index is 967. The van der Waals surface area contributed by atoms with Gasteiger partial charge in [-0.1, -0.05) is 303 Å². The minimum Gasteiger partial charge on any atom is -0.462 e. The highest BCUT2D eigenvalue weighted by Gasteiger charge is 2.19. The molecular formula is C59H114O6. The number of hydrogen-bond acceptors (Lipinski definition) is 6. The standard InChI is InChI=1S/C59H114O6/c1-4-7-10-13-16-19-22-25-27-29-30-32-34-37-40-43-46-49-52-58(61)64-55-56(54-63-57(60)51-48-45-42-39-36-33-24-21-18-15-12-9-6-3)65-59(62)53-50-47-44-41-38-35-31-28-26-23-20-17-14-11-8-5-2/h56H,4-55H2,1-3H3/t56-/m1/s1. The molecule has 0 aliphatic rings. The lowest BCUT2D eigenvalue weighted by molar-refractivity contribution is -0.167. The van der Waals surface area contributed by atoms with Crippen molar-refractivity contribution in [3.63, 3.8) is 0 Å². The monoisotopic (exact) mass is 919 g/mol. The maximum Gasteiger partial charge on any atom is 0.306 e. The van der Waals surface area contributed by atoms with Crippen LogP contribution in [0.1, 0.15) is 342 Å². The second-order valence-corrected chi connectivity index (χ2v) is 20.3. The molecule has 0 rings (SSSR count). The molecule has 0 heterocycles. The lowest BCUT2D eigenvalue weighted by atomic mass is 10.0. The van der Waals surface area contributed by atoms with Gasteiger partial charge in [-0.25, -0.2) is 0 Å². The van der Waals surface area contributed by atoms with Crippen LogP contribution in [-0.2, 0) is 28.6 Å². The number of ether oxygens (including phenoxy) is 3. The molecule has 0 fully saturated rings. The topological polar surface area (TPSA) is 78.9 Å². The molecule has 0 N–H and O–H groups in total. The number of rotatable bonds is 55. The molecule has 0 saturated carbocycles. The van der Waals surface area contributed by atoms with E-state index in [1.54, 1.807) is 0 Å². The maximum absolute atomic E-state index is 12.8. The molecule has 1 atom stereocenters. The van der Waals surface area contributed by atoms with Gasteiger partial charge >= 0.3 is 17.9 Å². The van der Waals surface area contributed by atoms with Crippen LogP contribution in [0.4, 0.5) is 0 Å². The molecule has 0 aliphatic heterocycles. The minimum absolute atomic E-state index is 0.0609. The van der Waals surface area contributed by atoms with Crippen molar-refractivity contribution in [3.8, 4) is 0 Å². The summed E-state index contributed by atoms with van der Waals surface area (Å²) in [6.07, 6.45) is 60.9. The third kappa shape index (κ3) is 53.2. The number of carbonyl (C=O) groups is 3. The molecule has 0 bridgehead atoms. The molecule has 0 unspecified atom stereocenters. The Morgan fingerprint density at radius 1 is 0.246 bits per heavy atom. The van der Waals surface area contributed by atoms with E-state index >= 15 is 0 Å². The van der Waals surface area contributed by atoms with Crippen molar-refractivity contribution in [2.45, 2.75) is 348 Å². The second-order valence-electron chi connectivity index (χ2n) is 20.3. The van der Waals surface area contributed by atoms with Gasteiger partial charge in [-0.15, -0.1) is 0 Å². The molecule has 6 heteroatoms. The highest BCUT2D eigenvalue weighted by molar-refractivity contribution is 5.71. The van der Waals surface area contributed by atoms with E-state index < -0.39 is 6.10 Å². The summed E-state index contributed by atoms with van der Waals surface area (Å²) in [5.74, 6) is -0.830. The molecule has 0 aromatic heterocycles. The molecule has 0 amide bonds. The SMILES string of the molecule is CCCCCCCCCCCCCCCCCCCCC(=O)OC[C@@H](COC(=O)CCCCCCCCCCCCCCC)OC(=O)CCCCCCCCCCCCCCCCCC. The first-order chi connectivity index (χ1) is 32.0. The van der Waals surface area contributed by atoms with Crippen LogP contribution in [0.3, 0.4) is 0 Å². The molecule has 6 nitrogen and oxygen atoms in total. The fraction of sp³-hybridized carbons (Fsp3) is 0.949. The first-order valence-electron chi connectivity index (χ1n) is 29.5. The Kier molecular flexibility index (Phi) is 53.7. The fourth-order valence-electron chi connectivity index (χ4n) is 9.15. The van der Waals surface area contributed by atoms with Gasteiger partial charge in [0.15, 0.2) is 6.10 Å². The van der Waals surface area contributed by atoms with Gasteiger partial charge < -0.3 is 14.2 Å². The zero-order valence-corrected chi connectivity index (χ0v) is 44.3. The Hall–Kier alpha value is -1.59. The Morgan fingerprint density at radius 2 is 0.415 bits per heavy atom. The van der Waals surface area contributed by atoms with E-state index in [9.17, 15) is 14.4 Å². The summed E-state index contributed by atoms with van der Waals surface area (Å²) in [4.78, 5) is 38.1. The van der Waals surface area contributed by atoms with Gasteiger partial charge in [-0.05, 0) is 19.3 Å². The largest absolute Gasteiger partial charge is 0.462 e. The lowest BCUT2D eigenvalue weighted by Gasteiger charge is -2.18. The minimum atomic E-state index is -0.761. The van der Waals surface area contributed by atoms with Crippen molar-refractivity contribution < 1.29 is 28.6 Å². The second kappa shape index (κ2) is 55.0. The van der Waals surface area contributed by atoms with Gasteiger partial charge in [0.05, 0.1) is 0 Å². The molecule has 65 heavy (non-hydrogen) atoms. The van der Waals surface area contributed by atoms with Crippen LogP contribution in [0.15, 0.2) is 0 Å². The summed E-state index contributed by atoms with van der Waals surface area (Å²) in [7, 11) is 0. The summed E-state index contributed by atoms with van der Waals surface area (Å²) >= 11 is 0. The van der Waals surface area contributed by atoms with Crippen LogP contribution in [-0.4, -0.2) is 37.2 Å². The predicted molar refractivity (Wildman–Crippen MR) is 280 cm³/mol. The Balaban J connectivity index is 4.27. The third-order valence-electron chi connectivity index (χ3n) is 13.6. The average Bonchev–Trinajstić information content (AvgIpc) is 3.30. The van der Waals surface area contributed by atoms with Crippen LogP contribution in [0.2, 0.25) is 0 Å². The normalized spacial score (nSPS) is 11.9. The summed E-state index contributed by atoms with van der Waals surface area (Å²) in [5.41, 5.74) is 0. The van der Waals surface area contributed by atoms with Gasteiger partial charge in [0, 0.05) is 19.3 Å². The van der Waals surface area contributed by atoms with E-state index in [0.29, 0.717) is 19.3 Å².